The van der Waals surface area contributed by atoms with Gasteiger partial charge in [-0.2, -0.15) is 0 Å². The average molecular weight is 601 g/mol. The Bertz CT molecular complexity index is 1290. The summed E-state index contributed by atoms with van der Waals surface area (Å²) < 4.78 is 24.1. The van der Waals surface area contributed by atoms with E-state index in [4.69, 9.17) is 18.9 Å². The van der Waals surface area contributed by atoms with E-state index in [9.17, 15) is 19.2 Å². The van der Waals surface area contributed by atoms with Gasteiger partial charge in [-0.05, 0) is 70.1 Å². The highest BCUT2D eigenvalue weighted by atomic mass is 16.7. The van der Waals surface area contributed by atoms with Crippen LogP contribution in [0.1, 0.15) is 79.8 Å². The minimum atomic E-state index is -1.50. The maximum absolute atomic E-state index is 13.3. The van der Waals surface area contributed by atoms with Gasteiger partial charge in [0.15, 0.2) is 18.3 Å². The van der Waals surface area contributed by atoms with Crippen LogP contribution in [0.5, 0.6) is 0 Å². The van der Waals surface area contributed by atoms with Gasteiger partial charge in [0.25, 0.3) is 0 Å². The fourth-order valence-electron chi connectivity index (χ4n) is 6.97. The number of hydrogen-bond acceptors (Lipinski definition) is 10. The number of nitrogens with one attached hydrogen (secondary N) is 1. The lowest BCUT2D eigenvalue weighted by Gasteiger charge is -2.48. The van der Waals surface area contributed by atoms with Crippen LogP contribution in [-0.2, 0) is 50.4 Å². The number of hydrogen-bond donors (Lipinski definition) is 1. The van der Waals surface area contributed by atoms with Gasteiger partial charge in [-0.1, -0.05) is 30.4 Å². The summed E-state index contributed by atoms with van der Waals surface area (Å²) in [7, 11) is 0. The molecule has 1 amide bonds. The number of allylic oxidation sites excluding steroid dienone is 2. The first-order chi connectivity index (χ1) is 20.2. The monoisotopic (exact) mass is 600 g/mol. The molecule has 0 bridgehead atoms. The van der Waals surface area contributed by atoms with Crippen molar-refractivity contribution in [3.63, 3.8) is 0 Å². The molecule has 12 heteroatoms. The first-order valence-corrected chi connectivity index (χ1v) is 15.0. The van der Waals surface area contributed by atoms with Crippen LogP contribution in [0.4, 0.5) is 0 Å². The highest BCUT2D eigenvalue weighted by Gasteiger charge is 2.58. The van der Waals surface area contributed by atoms with Crippen molar-refractivity contribution in [3.05, 3.63) is 35.7 Å². The summed E-state index contributed by atoms with van der Waals surface area (Å²) in [5, 5.41) is 11.3. The first kappa shape index (κ1) is 32.4. The molecule has 1 aliphatic heterocycles. The van der Waals surface area contributed by atoms with E-state index in [2.05, 4.69) is 42.1 Å². The van der Waals surface area contributed by atoms with Crippen molar-refractivity contribution in [3.8, 4) is 0 Å². The van der Waals surface area contributed by atoms with Gasteiger partial charge in [-0.3, -0.25) is 19.2 Å². The van der Waals surface area contributed by atoms with E-state index in [0.29, 0.717) is 29.0 Å². The zero-order valence-electron chi connectivity index (χ0n) is 26.1. The number of nitrogens with zero attached hydrogens (tertiary/aromatic N) is 3. The second-order valence-electron chi connectivity index (χ2n) is 12.4. The molecule has 3 aliphatic rings. The Balaban J connectivity index is 1.51. The molecule has 1 aromatic rings. The molecule has 1 aromatic heterocycles. The maximum atomic E-state index is 13.3. The molecule has 2 aliphatic carbocycles. The van der Waals surface area contributed by atoms with Gasteiger partial charge < -0.3 is 24.3 Å². The highest BCUT2D eigenvalue weighted by molar-refractivity contribution is 5.93. The molecular weight excluding hydrogens is 556 g/mol. The Morgan fingerprint density at radius 1 is 1.05 bits per heavy atom. The lowest BCUT2D eigenvalue weighted by Crippen LogP contribution is -2.66. The molecule has 2 heterocycles. The summed E-state index contributed by atoms with van der Waals surface area (Å²) >= 11 is 0. The van der Waals surface area contributed by atoms with Crippen molar-refractivity contribution in [1.29, 1.82) is 0 Å². The van der Waals surface area contributed by atoms with Gasteiger partial charge in [0.1, 0.15) is 5.69 Å². The van der Waals surface area contributed by atoms with Crippen molar-refractivity contribution >= 4 is 23.8 Å². The first-order valence-electron chi connectivity index (χ1n) is 15.0. The normalized spacial score (nSPS) is 33.8. The van der Waals surface area contributed by atoms with Crippen molar-refractivity contribution in [2.45, 2.75) is 111 Å². The Morgan fingerprint density at radius 2 is 1.70 bits per heavy atom. The smallest absolute Gasteiger partial charge is 0.303 e. The molecule has 4 rings (SSSR count). The summed E-state index contributed by atoms with van der Waals surface area (Å²) in [6, 6.07) is 0. The molecule has 2 fully saturated rings. The number of ether oxygens (including phenoxy) is 4. The minimum absolute atomic E-state index is 0.0806. The van der Waals surface area contributed by atoms with Gasteiger partial charge in [-0.15, -0.1) is 5.10 Å². The summed E-state index contributed by atoms with van der Waals surface area (Å²) in [4.78, 5) is 49.3. The molecule has 0 spiro atoms. The third-order valence-corrected chi connectivity index (χ3v) is 9.07. The Labute approximate surface area is 252 Å². The van der Waals surface area contributed by atoms with Crippen LogP contribution < -0.4 is 5.32 Å². The zero-order chi connectivity index (χ0) is 31.6. The molecule has 0 aromatic carbocycles. The molecular formula is C31H44N4O8. The number of esters is 3. The zero-order valence-corrected chi connectivity index (χ0v) is 26.1. The number of aromatic nitrogens is 3. The van der Waals surface area contributed by atoms with Crippen molar-refractivity contribution in [1.82, 2.24) is 20.3 Å². The molecule has 4 unspecified atom stereocenters. The van der Waals surface area contributed by atoms with E-state index in [0.717, 1.165) is 25.7 Å². The number of fused-ring (bicyclic) bond motifs is 1. The number of amides is 1. The largest absolute Gasteiger partial charge is 0.456 e. The van der Waals surface area contributed by atoms with E-state index < -0.39 is 48.0 Å². The van der Waals surface area contributed by atoms with Crippen LogP contribution in [-0.4, -0.2) is 63.2 Å². The van der Waals surface area contributed by atoms with Crippen molar-refractivity contribution < 1.29 is 38.1 Å². The van der Waals surface area contributed by atoms with Crippen LogP contribution in [0.25, 0.3) is 0 Å². The second kappa shape index (κ2) is 13.0. The van der Waals surface area contributed by atoms with Crippen LogP contribution in [0.2, 0.25) is 0 Å². The Morgan fingerprint density at radius 3 is 2.35 bits per heavy atom. The van der Waals surface area contributed by atoms with Crippen LogP contribution in [0.15, 0.2) is 30.0 Å². The lowest BCUT2D eigenvalue weighted by molar-refractivity contribution is -0.302. The molecule has 43 heavy (non-hydrogen) atoms. The van der Waals surface area contributed by atoms with Crippen molar-refractivity contribution in [2.75, 3.05) is 0 Å². The molecule has 12 nitrogen and oxygen atoms in total. The molecule has 1 saturated carbocycles. The number of carbonyl (C=O) groups is 4. The number of rotatable bonds is 8. The maximum Gasteiger partial charge on any atom is 0.303 e. The predicted molar refractivity (Wildman–Crippen MR) is 154 cm³/mol. The van der Waals surface area contributed by atoms with Crippen molar-refractivity contribution in [2.24, 2.45) is 23.7 Å². The standard InChI is InChI=1S/C31H44N4O8/c1-16-9-11-24-17(2)10-12-25(26(24)13-16)18(3)30(39)32-14-23-15-35(34-33-23)31(8)29(42-22(7)38)28(41-21(6)37)27(19(4)43-31)40-20(5)36/h13,15,17,19,24-29H,3,9-12,14H2,1-2,4-8H3,(H,32,39)/t17-,19?,24+,25+,26+,27?,28?,29?,31+/m1/s1. The Hall–Kier alpha value is -3.54. The van der Waals surface area contributed by atoms with E-state index >= 15 is 0 Å². The van der Waals surface area contributed by atoms with E-state index in [1.54, 1.807) is 20.0 Å². The van der Waals surface area contributed by atoms with Crippen LogP contribution >= 0.6 is 0 Å². The molecule has 9 atom stereocenters. The SMILES string of the molecule is C=C(C(=O)NCc1cn([C@@]2(C)OC(C)C(OC(C)=O)C(OC(C)=O)C2OC(C)=O)nn1)[C@@H]1CC[C@@H](C)[C@@H]2CCC(C)=C[C@@H]21. The van der Waals surface area contributed by atoms with Gasteiger partial charge in [0, 0.05) is 26.3 Å². The number of carbonyl (C=O) groups excluding carboxylic acids is 4. The highest BCUT2D eigenvalue weighted by Crippen LogP contribution is 2.47. The van der Waals surface area contributed by atoms with Gasteiger partial charge in [0.2, 0.25) is 11.6 Å². The van der Waals surface area contributed by atoms with Gasteiger partial charge in [0.05, 0.1) is 18.8 Å². The second-order valence-corrected chi connectivity index (χ2v) is 12.4. The molecule has 1 saturated heterocycles. The minimum Gasteiger partial charge on any atom is -0.456 e. The lowest BCUT2D eigenvalue weighted by atomic mass is 9.61. The fourth-order valence-corrected chi connectivity index (χ4v) is 6.97. The molecule has 236 valence electrons. The van der Waals surface area contributed by atoms with E-state index in [-0.39, 0.29) is 18.4 Å². The average Bonchev–Trinajstić information content (AvgIpc) is 3.41. The summed E-state index contributed by atoms with van der Waals surface area (Å²) in [5.74, 6) is -0.560. The van der Waals surface area contributed by atoms with Gasteiger partial charge in [-0.25, -0.2) is 4.68 Å². The fraction of sp³-hybridized carbons (Fsp3) is 0.677. The molecule has 0 radical (unpaired) electrons. The van der Waals surface area contributed by atoms with E-state index in [1.165, 1.54) is 31.0 Å². The Kier molecular flexibility index (Phi) is 9.78. The topological polar surface area (TPSA) is 148 Å². The van der Waals surface area contributed by atoms with E-state index in [1.807, 2.05) is 0 Å². The third-order valence-electron chi connectivity index (χ3n) is 9.07. The van der Waals surface area contributed by atoms with Crippen LogP contribution in [0, 0.1) is 23.7 Å². The quantitative estimate of drug-likeness (QED) is 0.204. The predicted octanol–water partition coefficient (Wildman–Crippen LogP) is 3.36. The summed E-state index contributed by atoms with van der Waals surface area (Å²) in [6.07, 6.45) is 3.92. The van der Waals surface area contributed by atoms with Gasteiger partial charge >= 0.3 is 17.9 Å². The summed E-state index contributed by atoms with van der Waals surface area (Å²) in [5.41, 5.74) is 0.877. The third kappa shape index (κ3) is 7.00. The summed E-state index contributed by atoms with van der Waals surface area (Å²) in [6.45, 7) is 15.6. The molecule has 1 N–H and O–H groups in total. The van der Waals surface area contributed by atoms with Crippen LogP contribution in [0.3, 0.4) is 0 Å².